The molecule has 2 heterocycles. The van der Waals surface area contributed by atoms with Crippen LogP contribution >= 0.6 is 23.1 Å². The standard InChI is InChI=1S/C21H27N3O2S2/c1-3-17-11-7-8-12-24(17)19(26)14-27-13-18(25)22-21-23-20(15(2)28-21)16-9-5-4-6-10-16/h4-6,9-10,17H,3,7-8,11-14H2,1-2H3,(H,22,23,25). The fourth-order valence-corrected chi connectivity index (χ4v) is 5.09. The Bertz CT molecular complexity index is 807. The second kappa shape index (κ2) is 10.1. The van der Waals surface area contributed by atoms with E-state index in [9.17, 15) is 9.59 Å². The number of aryl methyl sites for hydroxylation is 1. The first-order chi connectivity index (χ1) is 13.6. The lowest BCUT2D eigenvalue weighted by molar-refractivity contribution is -0.132. The third kappa shape index (κ3) is 5.35. The van der Waals surface area contributed by atoms with Gasteiger partial charge in [-0.15, -0.1) is 23.1 Å². The molecule has 1 saturated heterocycles. The zero-order valence-corrected chi connectivity index (χ0v) is 18.1. The molecule has 0 spiro atoms. The van der Waals surface area contributed by atoms with Crippen LogP contribution in [0.25, 0.3) is 11.3 Å². The first-order valence-corrected chi connectivity index (χ1v) is 11.8. The average molecular weight is 418 g/mol. The summed E-state index contributed by atoms with van der Waals surface area (Å²) in [5, 5.41) is 3.48. The van der Waals surface area contributed by atoms with E-state index in [0.717, 1.165) is 41.9 Å². The van der Waals surface area contributed by atoms with Gasteiger partial charge in [-0.1, -0.05) is 37.3 Å². The van der Waals surface area contributed by atoms with Gasteiger partial charge in [0, 0.05) is 23.0 Å². The van der Waals surface area contributed by atoms with Crippen LogP contribution in [0.4, 0.5) is 5.13 Å². The van der Waals surface area contributed by atoms with Crippen LogP contribution in [-0.2, 0) is 9.59 Å². The normalized spacial score (nSPS) is 16.8. The predicted molar refractivity (Wildman–Crippen MR) is 118 cm³/mol. The largest absolute Gasteiger partial charge is 0.339 e. The number of benzene rings is 1. The lowest BCUT2D eigenvalue weighted by atomic mass is 10.0. The first kappa shape index (κ1) is 20.9. The number of rotatable bonds is 7. The van der Waals surface area contributed by atoms with E-state index >= 15 is 0 Å². The Hall–Kier alpha value is -1.86. The fraction of sp³-hybridized carbons (Fsp3) is 0.476. The average Bonchev–Trinajstić information content (AvgIpc) is 3.08. The van der Waals surface area contributed by atoms with Crippen molar-refractivity contribution in [2.75, 3.05) is 23.4 Å². The highest BCUT2D eigenvalue weighted by Crippen LogP contribution is 2.30. The number of amides is 2. The molecule has 1 unspecified atom stereocenters. The minimum atomic E-state index is -0.114. The third-order valence-electron chi connectivity index (χ3n) is 4.97. The van der Waals surface area contributed by atoms with Gasteiger partial charge in [-0.2, -0.15) is 0 Å². The smallest absolute Gasteiger partial charge is 0.236 e. The quantitative estimate of drug-likeness (QED) is 0.716. The summed E-state index contributed by atoms with van der Waals surface area (Å²) < 4.78 is 0. The molecule has 1 N–H and O–H groups in total. The van der Waals surface area contributed by atoms with Crippen molar-refractivity contribution < 1.29 is 9.59 Å². The molecule has 1 atom stereocenters. The van der Waals surface area contributed by atoms with Crippen molar-refractivity contribution in [3.8, 4) is 11.3 Å². The summed E-state index contributed by atoms with van der Waals surface area (Å²) in [4.78, 5) is 32.4. The van der Waals surface area contributed by atoms with Crippen molar-refractivity contribution in [1.82, 2.24) is 9.88 Å². The molecule has 1 aliphatic heterocycles. The van der Waals surface area contributed by atoms with Crippen LogP contribution in [0.3, 0.4) is 0 Å². The number of nitrogens with zero attached hydrogens (tertiary/aromatic N) is 2. The molecule has 2 amide bonds. The van der Waals surface area contributed by atoms with Gasteiger partial charge in [-0.25, -0.2) is 4.98 Å². The molecule has 5 nitrogen and oxygen atoms in total. The summed E-state index contributed by atoms with van der Waals surface area (Å²) in [6.45, 7) is 4.99. The zero-order valence-electron chi connectivity index (χ0n) is 16.4. The minimum Gasteiger partial charge on any atom is -0.339 e. The molecule has 0 saturated carbocycles. The van der Waals surface area contributed by atoms with Gasteiger partial charge in [0.1, 0.15) is 0 Å². The molecular formula is C21H27N3O2S2. The molecular weight excluding hydrogens is 390 g/mol. The van der Waals surface area contributed by atoms with Gasteiger partial charge in [0.25, 0.3) is 0 Å². The van der Waals surface area contributed by atoms with Crippen LogP contribution in [0, 0.1) is 6.92 Å². The van der Waals surface area contributed by atoms with Crippen LogP contribution in [0.2, 0.25) is 0 Å². The van der Waals surface area contributed by atoms with Crippen LogP contribution in [0.15, 0.2) is 30.3 Å². The second-order valence-corrected chi connectivity index (χ2v) is 9.16. The number of aromatic nitrogens is 1. The number of thiazole rings is 1. The highest BCUT2D eigenvalue weighted by Gasteiger charge is 2.25. The van der Waals surface area contributed by atoms with E-state index in [4.69, 9.17) is 0 Å². The topological polar surface area (TPSA) is 62.3 Å². The van der Waals surface area contributed by atoms with Crippen LogP contribution < -0.4 is 5.32 Å². The Kier molecular flexibility index (Phi) is 7.50. The minimum absolute atomic E-state index is 0.114. The Morgan fingerprint density at radius 1 is 1.25 bits per heavy atom. The maximum absolute atomic E-state index is 12.5. The molecule has 1 aromatic carbocycles. The van der Waals surface area contributed by atoms with Crippen LogP contribution in [-0.4, -0.2) is 45.8 Å². The third-order valence-corrected chi connectivity index (χ3v) is 6.77. The van der Waals surface area contributed by atoms with Crippen LogP contribution in [0.1, 0.15) is 37.5 Å². The summed E-state index contributed by atoms with van der Waals surface area (Å²) in [6, 6.07) is 10.3. The number of anilines is 1. The summed E-state index contributed by atoms with van der Waals surface area (Å²) in [5.41, 5.74) is 1.95. The summed E-state index contributed by atoms with van der Waals surface area (Å²) >= 11 is 2.85. The number of hydrogen-bond acceptors (Lipinski definition) is 5. The van der Waals surface area contributed by atoms with Crippen molar-refractivity contribution in [2.45, 2.75) is 45.6 Å². The van der Waals surface area contributed by atoms with Crippen molar-refractivity contribution in [3.63, 3.8) is 0 Å². The zero-order chi connectivity index (χ0) is 19.9. The van der Waals surface area contributed by atoms with Crippen LogP contribution in [0.5, 0.6) is 0 Å². The number of carbonyl (C=O) groups is 2. The molecule has 7 heteroatoms. The van der Waals surface area contributed by atoms with Crippen molar-refractivity contribution in [3.05, 3.63) is 35.2 Å². The lowest BCUT2D eigenvalue weighted by Gasteiger charge is -2.35. The highest BCUT2D eigenvalue weighted by molar-refractivity contribution is 8.00. The van der Waals surface area contributed by atoms with Gasteiger partial charge in [-0.05, 0) is 32.6 Å². The van der Waals surface area contributed by atoms with Crippen molar-refractivity contribution >= 4 is 40.0 Å². The molecule has 1 fully saturated rings. The molecule has 0 radical (unpaired) electrons. The maximum atomic E-state index is 12.5. The Balaban J connectivity index is 1.48. The van der Waals surface area contributed by atoms with E-state index < -0.39 is 0 Å². The van der Waals surface area contributed by atoms with E-state index in [1.165, 1.54) is 29.5 Å². The Morgan fingerprint density at radius 3 is 2.79 bits per heavy atom. The first-order valence-electron chi connectivity index (χ1n) is 9.78. The van der Waals surface area contributed by atoms with E-state index in [1.807, 2.05) is 42.2 Å². The number of likely N-dealkylation sites (tertiary alicyclic amines) is 1. The number of thioether (sulfide) groups is 1. The molecule has 0 bridgehead atoms. The Morgan fingerprint density at radius 2 is 2.04 bits per heavy atom. The van der Waals surface area contributed by atoms with E-state index in [2.05, 4.69) is 17.2 Å². The highest BCUT2D eigenvalue weighted by atomic mass is 32.2. The molecule has 1 aromatic heterocycles. The van der Waals surface area contributed by atoms with E-state index in [-0.39, 0.29) is 17.6 Å². The number of hydrogen-bond donors (Lipinski definition) is 1. The predicted octanol–water partition coefficient (Wildman–Crippen LogP) is 4.58. The van der Waals surface area contributed by atoms with Crippen molar-refractivity contribution in [1.29, 1.82) is 0 Å². The van der Waals surface area contributed by atoms with Gasteiger partial charge in [0.15, 0.2) is 5.13 Å². The van der Waals surface area contributed by atoms with Gasteiger partial charge in [0.05, 0.1) is 17.2 Å². The molecule has 150 valence electrons. The lowest BCUT2D eigenvalue weighted by Crippen LogP contribution is -2.44. The Labute approximate surface area is 174 Å². The van der Waals surface area contributed by atoms with Crippen molar-refractivity contribution in [2.24, 2.45) is 0 Å². The summed E-state index contributed by atoms with van der Waals surface area (Å²) in [5.74, 6) is 0.656. The van der Waals surface area contributed by atoms with E-state index in [1.54, 1.807) is 0 Å². The maximum Gasteiger partial charge on any atom is 0.236 e. The SMILES string of the molecule is CCC1CCCCN1C(=O)CSCC(=O)Nc1nc(-c2ccccc2)c(C)s1. The van der Waals surface area contributed by atoms with Gasteiger partial charge >= 0.3 is 0 Å². The number of piperidine rings is 1. The second-order valence-electron chi connectivity index (χ2n) is 6.98. The molecule has 28 heavy (non-hydrogen) atoms. The summed E-state index contributed by atoms with van der Waals surface area (Å²) in [7, 11) is 0. The van der Waals surface area contributed by atoms with Gasteiger partial charge in [0.2, 0.25) is 11.8 Å². The molecule has 2 aromatic rings. The molecule has 1 aliphatic rings. The fourth-order valence-electron chi connectivity index (χ4n) is 3.54. The summed E-state index contributed by atoms with van der Waals surface area (Å²) in [6.07, 6.45) is 4.39. The van der Waals surface area contributed by atoms with E-state index in [0.29, 0.717) is 16.9 Å². The van der Waals surface area contributed by atoms with Gasteiger partial charge < -0.3 is 10.2 Å². The number of carbonyl (C=O) groups excluding carboxylic acids is 2. The molecule has 0 aliphatic carbocycles. The van der Waals surface area contributed by atoms with Gasteiger partial charge in [-0.3, -0.25) is 9.59 Å². The monoisotopic (exact) mass is 417 g/mol. The molecule has 3 rings (SSSR count). The number of nitrogens with one attached hydrogen (secondary N) is 1.